The molecule has 0 aromatic heterocycles. The largest absolute Gasteiger partial charge is 0.385 e. The molecule has 1 aromatic carbocycles. The molecule has 1 atom stereocenters. The van der Waals surface area contributed by atoms with Crippen LogP contribution in [-0.4, -0.2) is 33.9 Å². The van der Waals surface area contributed by atoms with E-state index in [2.05, 4.69) is 19.2 Å². The van der Waals surface area contributed by atoms with Crippen molar-refractivity contribution < 1.29 is 9.13 Å². The van der Waals surface area contributed by atoms with Crippen LogP contribution in [0.1, 0.15) is 38.3 Å². The quantitative estimate of drug-likeness (QED) is 0.703. The Hall–Kier alpha value is -1.13. The highest BCUT2D eigenvalue weighted by molar-refractivity contribution is 5.55. The Balaban J connectivity index is 2.86. The van der Waals surface area contributed by atoms with Gasteiger partial charge in [0.1, 0.15) is 5.82 Å². The van der Waals surface area contributed by atoms with Gasteiger partial charge in [-0.2, -0.15) is 0 Å². The highest BCUT2D eigenvalue weighted by atomic mass is 19.1. The zero-order valence-corrected chi connectivity index (χ0v) is 13.1. The van der Waals surface area contributed by atoms with Gasteiger partial charge in [0.15, 0.2) is 0 Å². The summed E-state index contributed by atoms with van der Waals surface area (Å²) in [5.41, 5.74) is 1.71. The molecule has 0 bridgehead atoms. The number of para-hydroxylation sites is 1. The number of halogens is 1. The van der Waals surface area contributed by atoms with Crippen molar-refractivity contribution >= 4 is 5.69 Å². The molecule has 0 spiro atoms. The molecule has 1 unspecified atom stereocenters. The van der Waals surface area contributed by atoms with Crippen LogP contribution in [0.2, 0.25) is 0 Å². The first-order valence-corrected chi connectivity index (χ1v) is 7.33. The van der Waals surface area contributed by atoms with Crippen LogP contribution in [0, 0.1) is 5.82 Å². The number of hydrogen-bond acceptors (Lipinski definition) is 3. The van der Waals surface area contributed by atoms with E-state index in [1.54, 1.807) is 13.2 Å². The van der Waals surface area contributed by atoms with Crippen LogP contribution in [0.3, 0.4) is 0 Å². The molecule has 20 heavy (non-hydrogen) atoms. The number of hydrogen-bond donors (Lipinski definition) is 1. The van der Waals surface area contributed by atoms with Gasteiger partial charge in [-0.05, 0) is 37.9 Å². The van der Waals surface area contributed by atoms with E-state index in [0.29, 0.717) is 12.3 Å². The molecule has 4 heteroatoms. The van der Waals surface area contributed by atoms with E-state index in [-0.39, 0.29) is 11.9 Å². The Morgan fingerprint density at radius 2 is 2.15 bits per heavy atom. The molecule has 1 rings (SSSR count). The number of anilines is 1. The second-order valence-corrected chi connectivity index (χ2v) is 5.12. The maximum absolute atomic E-state index is 14.2. The van der Waals surface area contributed by atoms with Crippen LogP contribution < -0.4 is 10.2 Å². The summed E-state index contributed by atoms with van der Waals surface area (Å²) in [6, 6.07) is 5.45. The van der Waals surface area contributed by atoms with Gasteiger partial charge in [0.05, 0.1) is 5.69 Å². The fraction of sp³-hybridized carbons (Fsp3) is 0.625. The van der Waals surface area contributed by atoms with Gasteiger partial charge in [0.25, 0.3) is 0 Å². The average Bonchev–Trinajstić information content (AvgIpc) is 2.44. The lowest BCUT2D eigenvalue weighted by Gasteiger charge is -2.26. The smallest absolute Gasteiger partial charge is 0.146 e. The van der Waals surface area contributed by atoms with E-state index in [9.17, 15) is 4.39 Å². The van der Waals surface area contributed by atoms with Crippen molar-refractivity contribution in [3.05, 3.63) is 29.6 Å². The fourth-order valence-electron chi connectivity index (χ4n) is 2.31. The Morgan fingerprint density at radius 3 is 2.80 bits per heavy atom. The Kier molecular flexibility index (Phi) is 7.55. The van der Waals surface area contributed by atoms with Crippen molar-refractivity contribution in [3.63, 3.8) is 0 Å². The number of rotatable bonds is 9. The molecule has 0 heterocycles. The summed E-state index contributed by atoms with van der Waals surface area (Å²) >= 11 is 0. The molecule has 0 saturated carbocycles. The number of nitrogens with zero attached hydrogens (tertiary/aromatic N) is 1. The minimum atomic E-state index is -0.160. The lowest BCUT2D eigenvalue weighted by atomic mass is 10.0. The normalized spacial score (nSPS) is 12.4. The van der Waals surface area contributed by atoms with Gasteiger partial charge in [-0.3, -0.25) is 0 Å². The molecular formula is C16H27FN2O. The minimum Gasteiger partial charge on any atom is -0.385 e. The van der Waals surface area contributed by atoms with Gasteiger partial charge >= 0.3 is 0 Å². The van der Waals surface area contributed by atoms with Crippen LogP contribution in [0.5, 0.6) is 0 Å². The molecule has 0 aliphatic heterocycles. The predicted octanol–water partition coefficient (Wildman–Crippen LogP) is 3.36. The number of benzene rings is 1. The summed E-state index contributed by atoms with van der Waals surface area (Å²) in [7, 11) is 3.62. The third kappa shape index (κ3) is 4.76. The second kappa shape index (κ2) is 8.93. The summed E-state index contributed by atoms with van der Waals surface area (Å²) in [4.78, 5) is 1.98. The zero-order valence-electron chi connectivity index (χ0n) is 13.1. The Labute approximate surface area is 122 Å². The maximum atomic E-state index is 14.2. The van der Waals surface area contributed by atoms with Gasteiger partial charge in [-0.15, -0.1) is 0 Å². The van der Waals surface area contributed by atoms with Crippen molar-refractivity contribution in [1.29, 1.82) is 0 Å². The van der Waals surface area contributed by atoms with Crippen LogP contribution in [-0.2, 0) is 4.74 Å². The van der Waals surface area contributed by atoms with Crippen LogP contribution in [0.25, 0.3) is 0 Å². The first kappa shape index (κ1) is 16.9. The van der Waals surface area contributed by atoms with Gasteiger partial charge in [-0.25, -0.2) is 4.39 Å². The van der Waals surface area contributed by atoms with E-state index in [1.165, 1.54) is 6.07 Å². The molecule has 0 saturated heterocycles. The lowest BCUT2D eigenvalue weighted by Crippen LogP contribution is -2.26. The number of methoxy groups -OCH3 is 1. The Bertz CT molecular complexity index is 398. The third-order valence-corrected chi connectivity index (χ3v) is 3.41. The molecule has 0 fully saturated rings. The van der Waals surface area contributed by atoms with Crippen molar-refractivity contribution in [2.75, 3.05) is 38.8 Å². The average molecular weight is 282 g/mol. The number of nitrogens with one attached hydrogen (secondary N) is 1. The van der Waals surface area contributed by atoms with E-state index < -0.39 is 0 Å². The predicted molar refractivity (Wildman–Crippen MR) is 82.9 cm³/mol. The highest BCUT2D eigenvalue weighted by Gasteiger charge is 2.16. The molecular weight excluding hydrogens is 255 g/mol. The van der Waals surface area contributed by atoms with Crippen LogP contribution >= 0.6 is 0 Å². The third-order valence-electron chi connectivity index (χ3n) is 3.41. The fourth-order valence-corrected chi connectivity index (χ4v) is 2.31. The molecule has 114 valence electrons. The van der Waals surface area contributed by atoms with Gasteiger partial charge in [0, 0.05) is 33.4 Å². The summed E-state index contributed by atoms with van der Waals surface area (Å²) in [5, 5.41) is 3.42. The van der Waals surface area contributed by atoms with Gasteiger partial charge in [0.2, 0.25) is 0 Å². The molecule has 3 nitrogen and oxygen atoms in total. The van der Waals surface area contributed by atoms with Gasteiger partial charge < -0.3 is 15.0 Å². The molecule has 0 amide bonds. The molecule has 0 radical (unpaired) electrons. The molecule has 1 aromatic rings. The highest BCUT2D eigenvalue weighted by Crippen LogP contribution is 2.28. The summed E-state index contributed by atoms with van der Waals surface area (Å²) in [6.45, 7) is 6.62. The first-order chi connectivity index (χ1) is 9.61. The van der Waals surface area contributed by atoms with E-state index in [1.807, 2.05) is 18.0 Å². The van der Waals surface area contributed by atoms with Crippen molar-refractivity contribution in [1.82, 2.24) is 5.32 Å². The van der Waals surface area contributed by atoms with Crippen molar-refractivity contribution in [2.24, 2.45) is 0 Å². The maximum Gasteiger partial charge on any atom is 0.146 e. The standard InChI is InChI=1S/C16H27FN2O/c1-5-10-18-13(2)14-8-6-9-15(17)16(14)19(3)11-7-12-20-4/h6,8-9,13,18H,5,7,10-12H2,1-4H3. The summed E-state index contributed by atoms with van der Waals surface area (Å²) in [5.74, 6) is -0.160. The zero-order chi connectivity index (χ0) is 15.0. The van der Waals surface area contributed by atoms with E-state index in [0.717, 1.165) is 31.5 Å². The number of ether oxygens (including phenoxy) is 1. The summed E-state index contributed by atoms with van der Waals surface area (Å²) < 4.78 is 19.2. The lowest BCUT2D eigenvalue weighted by molar-refractivity contribution is 0.196. The van der Waals surface area contributed by atoms with E-state index >= 15 is 0 Å². The first-order valence-electron chi connectivity index (χ1n) is 7.33. The molecule has 0 aliphatic rings. The molecule has 0 aliphatic carbocycles. The SMILES string of the molecule is CCCNC(C)c1cccc(F)c1N(C)CCCOC. The van der Waals surface area contributed by atoms with Crippen LogP contribution in [0.4, 0.5) is 10.1 Å². The summed E-state index contributed by atoms with van der Waals surface area (Å²) in [6.07, 6.45) is 1.95. The van der Waals surface area contributed by atoms with Crippen molar-refractivity contribution in [2.45, 2.75) is 32.7 Å². The molecule has 1 N–H and O–H groups in total. The van der Waals surface area contributed by atoms with Crippen LogP contribution in [0.15, 0.2) is 18.2 Å². The van der Waals surface area contributed by atoms with Crippen molar-refractivity contribution in [3.8, 4) is 0 Å². The second-order valence-electron chi connectivity index (χ2n) is 5.12. The monoisotopic (exact) mass is 282 g/mol. The van der Waals surface area contributed by atoms with E-state index in [4.69, 9.17) is 4.74 Å². The van der Waals surface area contributed by atoms with Gasteiger partial charge in [-0.1, -0.05) is 19.1 Å². The Morgan fingerprint density at radius 1 is 1.40 bits per heavy atom. The topological polar surface area (TPSA) is 24.5 Å². The minimum absolute atomic E-state index is 0.144.